The van der Waals surface area contributed by atoms with Crippen molar-refractivity contribution in [2.75, 3.05) is 23.3 Å². The molecule has 116 valence electrons. The van der Waals surface area contributed by atoms with Gasteiger partial charge in [-0.1, -0.05) is 26.0 Å². The quantitative estimate of drug-likeness (QED) is 0.937. The average Bonchev–Trinajstić information content (AvgIpc) is 2.56. The molecule has 0 aliphatic carbocycles. The van der Waals surface area contributed by atoms with Gasteiger partial charge in [0.05, 0.1) is 6.20 Å². The van der Waals surface area contributed by atoms with E-state index in [1.54, 1.807) is 6.20 Å². The number of anilines is 3. The second-order valence-corrected chi connectivity index (χ2v) is 6.01. The van der Waals surface area contributed by atoms with E-state index in [0.717, 1.165) is 31.0 Å². The highest BCUT2D eigenvalue weighted by atomic mass is 15.3. The summed E-state index contributed by atoms with van der Waals surface area (Å²) >= 11 is 0. The largest absolute Gasteiger partial charge is 0.355 e. The second-order valence-electron chi connectivity index (χ2n) is 6.01. The number of aromatic nitrogens is 3. The molecule has 5 nitrogen and oxygen atoms in total. The van der Waals surface area contributed by atoms with Crippen molar-refractivity contribution in [1.29, 1.82) is 0 Å². The zero-order chi connectivity index (χ0) is 15.4. The van der Waals surface area contributed by atoms with E-state index in [0.29, 0.717) is 11.9 Å². The second kappa shape index (κ2) is 6.73. The molecule has 0 bridgehead atoms. The van der Waals surface area contributed by atoms with Crippen LogP contribution in [0.15, 0.2) is 30.5 Å². The zero-order valence-electron chi connectivity index (χ0n) is 13.3. The highest BCUT2D eigenvalue weighted by Crippen LogP contribution is 2.22. The first-order chi connectivity index (χ1) is 10.7. The Bertz CT molecular complexity index is 611. The highest BCUT2D eigenvalue weighted by Gasteiger charge is 2.18. The summed E-state index contributed by atoms with van der Waals surface area (Å²) < 4.78 is 0. The Kier molecular flexibility index (Phi) is 4.51. The van der Waals surface area contributed by atoms with Gasteiger partial charge in [-0.25, -0.2) is 0 Å². The van der Waals surface area contributed by atoms with Gasteiger partial charge >= 0.3 is 0 Å². The lowest BCUT2D eigenvalue weighted by Gasteiger charge is -2.31. The van der Waals surface area contributed by atoms with Crippen molar-refractivity contribution in [3.05, 3.63) is 36.0 Å². The molecule has 1 aliphatic heterocycles. The Balaban J connectivity index is 1.72. The van der Waals surface area contributed by atoms with Crippen molar-refractivity contribution < 1.29 is 0 Å². The number of rotatable bonds is 4. The van der Waals surface area contributed by atoms with Gasteiger partial charge in [0.25, 0.3) is 0 Å². The zero-order valence-corrected chi connectivity index (χ0v) is 13.3. The fourth-order valence-electron chi connectivity index (χ4n) is 2.85. The van der Waals surface area contributed by atoms with Crippen LogP contribution in [0.1, 0.15) is 32.3 Å². The first-order valence-electron chi connectivity index (χ1n) is 8.05. The van der Waals surface area contributed by atoms with Gasteiger partial charge in [-0.15, -0.1) is 5.10 Å². The van der Waals surface area contributed by atoms with Crippen molar-refractivity contribution in [2.45, 2.75) is 33.1 Å². The number of benzene rings is 1. The minimum atomic E-state index is 0.556. The fraction of sp³-hybridized carbons (Fsp3) is 0.471. The smallest absolute Gasteiger partial charge is 0.249 e. The number of aryl methyl sites for hydroxylation is 1. The number of piperidine rings is 1. The Morgan fingerprint density at radius 1 is 1.27 bits per heavy atom. The monoisotopic (exact) mass is 297 g/mol. The maximum Gasteiger partial charge on any atom is 0.249 e. The van der Waals surface area contributed by atoms with Crippen LogP contribution in [0.4, 0.5) is 17.5 Å². The van der Waals surface area contributed by atoms with E-state index in [-0.39, 0.29) is 0 Å². The standard InChI is InChI=1S/C17H23N5/c1-3-14-6-8-15(9-7-14)19-17-20-16(11-18-21-17)22-10-4-5-13(2)12-22/h6-9,11,13H,3-5,10,12H2,1-2H3,(H,19,20,21). The summed E-state index contributed by atoms with van der Waals surface area (Å²) in [6.07, 6.45) is 5.31. The molecule has 1 saturated heterocycles. The van der Waals surface area contributed by atoms with E-state index in [9.17, 15) is 0 Å². The van der Waals surface area contributed by atoms with Crippen LogP contribution < -0.4 is 10.2 Å². The molecule has 1 atom stereocenters. The summed E-state index contributed by atoms with van der Waals surface area (Å²) in [5, 5.41) is 11.4. The molecule has 2 heterocycles. The fourth-order valence-corrected chi connectivity index (χ4v) is 2.85. The maximum atomic E-state index is 4.61. The summed E-state index contributed by atoms with van der Waals surface area (Å²) in [4.78, 5) is 6.91. The Hall–Kier alpha value is -2.17. The van der Waals surface area contributed by atoms with Crippen LogP contribution in [0.2, 0.25) is 0 Å². The molecule has 5 heteroatoms. The van der Waals surface area contributed by atoms with Gasteiger partial charge in [-0.2, -0.15) is 10.1 Å². The lowest BCUT2D eigenvalue weighted by atomic mass is 10.0. The minimum Gasteiger partial charge on any atom is -0.355 e. The molecule has 1 N–H and O–H groups in total. The summed E-state index contributed by atoms with van der Waals surface area (Å²) in [6, 6.07) is 8.34. The predicted molar refractivity (Wildman–Crippen MR) is 89.5 cm³/mol. The third-order valence-electron chi connectivity index (χ3n) is 4.15. The van der Waals surface area contributed by atoms with E-state index < -0.39 is 0 Å². The van der Waals surface area contributed by atoms with Crippen molar-refractivity contribution in [2.24, 2.45) is 5.92 Å². The van der Waals surface area contributed by atoms with Crippen LogP contribution in [-0.4, -0.2) is 28.3 Å². The Morgan fingerprint density at radius 2 is 2.09 bits per heavy atom. The number of nitrogens with one attached hydrogen (secondary N) is 1. The van der Waals surface area contributed by atoms with Crippen LogP contribution >= 0.6 is 0 Å². The molecule has 1 fully saturated rings. The molecular weight excluding hydrogens is 274 g/mol. The lowest BCUT2D eigenvalue weighted by molar-refractivity contribution is 0.444. The maximum absolute atomic E-state index is 4.61. The van der Waals surface area contributed by atoms with E-state index in [4.69, 9.17) is 0 Å². The molecule has 0 radical (unpaired) electrons. The molecule has 0 spiro atoms. The molecule has 1 aromatic carbocycles. The Morgan fingerprint density at radius 3 is 2.82 bits per heavy atom. The first-order valence-corrected chi connectivity index (χ1v) is 8.05. The number of nitrogens with zero attached hydrogens (tertiary/aromatic N) is 4. The molecule has 0 amide bonds. The van der Waals surface area contributed by atoms with Gasteiger partial charge in [0.15, 0.2) is 5.82 Å². The molecule has 2 aromatic rings. The normalized spacial score (nSPS) is 18.3. The number of hydrogen-bond donors (Lipinski definition) is 1. The van der Waals surface area contributed by atoms with Gasteiger partial charge in [-0.3, -0.25) is 0 Å². The minimum absolute atomic E-state index is 0.556. The third kappa shape index (κ3) is 3.53. The van der Waals surface area contributed by atoms with Crippen molar-refractivity contribution in [3.63, 3.8) is 0 Å². The van der Waals surface area contributed by atoms with Crippen LogP contribution in [0.25, 0.3) is 0 Å². The summed E-state index contributed by atoms with van der Waals surface area (Å²) in [5.74, 6) is 2.18. The summed E-state index contributed by atoms with van der Waals surface area (Å²) in [6.45, 7) is 6.53. The molecule has 1 aromatic heterocycles. The van der Waals surface area contributed by atoms with E-state index in [2.05, 4.69) is 63.5 Å². The molecule has 1 unspecified atom stereocenters. The summed E-state index contributed by atoms with van der Waals surface area (Å²) in [7, 11) is 0. The van der Waals surface area contributed by atoms with Crippen molar-refractivity contribution >= 4 is 17.5 Å². The number of hydrogen-bond acceptors (Lipinski definition) is 5. The highest BCUT2D eigenvalue weighted by molar-refractivity contribution is 5.54. The van der Waals surface area contributed by atoms with Crippen molar-refractivity contribution in [3.8, 4) is 0 Å². The van der Waals surface area contributed by atoms with Crippen LogP contribution in [0.3, 0.4) is 0 Å². The van der Waals surface area contributed by atoms with Crippen LogP contribution in [0, 0.1) is 5.92 Å². The van der Waals surface area contributed by atoms with Crippen LogP contribution in [-0.2, 0) is 6.42 Å². The van der Waals surface area contributed by atoms with E-state index in [1.165, 1.54) is 18.4 Å². The van der Waals surface area contributed by atoms with Gasteiger partial charge in [0.2, 0.25) is 5.95 Å². The molecular formula is C17H23N5. The lowest BCUT2D eigenvalue weighted by Crippen LogP contribution is -2.35. The SMILES string of the molecule is CCc1ccc(Nc2nncc(N3CCCC(C)C3)n2)cc1. The van der Waals surface area contributed by atoms with Gasteiger partial charge in [0.1, 0.15) is 0 Å². The molecule has 1 aliphatic rings. The van der Waals surface area contributed by atoms with Gasteiger partial charge in [0, 0.05) is 18.8 Å². The summed E-state index contributed by atoms with van der Waals surface area (Å²) in [5.41, 5.74) is 2.31. The van der Waals surface area contributed by atoms with Crippen LogP contribution in [0.5, 0.6) is 0 Å². The third-order valence-corrected chi connectivity index (χ3v) is 4.15. The first kappa shape index (κ1) is 14.8. The predicted octanol–water partition coefficient (Wildman–Crippen LogP) is 3.41. The Labute approximate surface area is 131 Å². The molecule has 22 heavy (non-hydrogen) atoms. The van der Waals surface area contributed by atoms with Gasteiger partial charge in [-0.05, 0) is 42.9 Å². The van der Waals surface area contributed by atoms with E-state index >= 15 is 0 Å². The molecule has 0 saturated carbocycles. The molecule has 3 rings (SSSR count). The topological polar surface area (TPSA) is 53.9 Å². The van der Waals surface area contributed by atoms with Crippen molar-refractivity contribution in [1.82, 2.24) is 15.2 Å². The van der Waals surface area contributed by atoms with Gasteiger partial charge < -0.3 is 10.2 Å². The van der Waals surface area contributed by atoms with E-state index in [1.807, 2.05) is 0 Å². The average molecular weight is 297 g/mol.